The van der Waals surface area contributed by atoms with Gasteiger partial charge < -0.3 is 10.5 Å². The summed E-state index contributed by atoms with van der Waals surface area (Å²) in [7, 11) is 0. The number of hydrogen-bond donors (Lipinski definition) is 1. The molecule has 1 aromatic carbocycles. The maximum absolute atomic E-state index is 12.1. The Bertz CT molecular complexity index is 355. The van der Waals surface area contributed by atoms with Crippen molar-refractivity contribution in [3.8, 4) is 5.75 Å². The molecule has 0 saturated carbocycles. The van der Waals surface area contributed by atoms with Gasteiger partial charge >= 0.3 is 0 Å². The third kappa shape index (κ3) is 3.76. The van der Waals surface area contributed by atoms with Gasteiger partial charge in [-0.25, -0.2) is 4.39 Å². The van der Waals surface area contributed by atoms with E-state index in [2.05, 4.69) is 15.9 Å². The Morgan fingerprint density at radius 3 is 2.75 bits per heavy atom. The van der Waals surface area contributed by atoms with Crippen molar-refractivity contribution < 1.29 is 9.13 Å². The summed E-state index contributed by atoms with van der Waals surface area (Å²) in [5.74, 6) is 0.762. The van der Waals surface area contributed by atoms with Crippen LogP contribution in [0.3, 0.4) is 0 Å². The number of nitrogens with two attached hydrogens (primary N) is 1. The second-order valence-corrected chi connectivity index (χ2v) is 4.85. The molecule has 0 aromatic heterocycles. The molecule has 2 nitrogen and oxygen atoms in total. The highest BCUT2D eigenvalue weighted by Gasteiger charge is 2.10. The van der Waals surface area contributed by atoms with Gasteiger partial charge in [-0.2, -0.15) is 0 Å². The molecule has 0 spiro atoms. The lowest BCUT2D eigenvalue weighted by Gasteiger charge is -2.15. The van der Waals surface area contributed by atoms with Crippen molar-refractivity contribution in [2.75, 3.05) is 13.3 Å². The van der Waals surface area contributed by atoms with Crippen molar-refractivity contribution in [2.24, 2.45) is 5.73 Å². The van der Waals surface area contributed by atoms with Crippen LogP contribution in [0.5, 0.6) is 5.75 Å². The lowest BCUT2D eigenvalue weighted by Crippen LogP contribution is -2.18. The molecule has 16 heavy (non-hydrogen) atoms. The molecule has 0 saturated heterocycles. The summed E-state index contributed by atoms with van der Waals surface area (Å²) in [6.07, 6.45) is 0.724. The van der Waals surface area contributed by atoms with Crippen molar-refractivity contribution in [2.45, 2.75) is 26.3 Å². The number of halogens is 2. The molecule has 1 aromatic rings. The van der Waals surface area contributed by atoms with E-state index in [1.54, 1.807) is 0 Å². The van der Waals surface area contributed by atoms with Gasteiger partial charge in [0.05, 0.1) is 0 Å². The van der Waals surface area contributed by atoms with Gasteiger partial charge in [-0.15, -0.1) is 0 Å². The Hall–Kier alpha value is -0.610. The Labute approximate surface area is 104 Å². The summed E-state index contributed by atoms with van der Waals surface area (Å²) in [5.41, 5.74) is 7.80. The van der Waals surface area contributed by atoms with E-state index >= 15 is 0 Å². The van der Waals surface area contributed by atoms with Gasteiger partial charge in [-0.3, -0.25) is 0 Å². The summed E-state index contributed by atoms with van der Waals surface area (Å²) in [6.45, 7) is 3.50. The topological polar surface area (TPSA) is 35.2 Å². The van der Waals surface area contributed by atoms with Crippen molar-refractivity contribution in [3.05, 3.63) is 27.7 Å². The molecule has 0 bridgehead atoms. The summed E-state index contributed by atoms with van der Waals surface area (Å²) in [6, 6.07) is 3.99. The van der Waals surface area contributed by atoms with Gasteiger partial charge in [0.15, 0.2) is 0 Å². The van der Waals surface area contributed by atoms with Crippen LogP contribution in [0.25, 0.3) is 0 Å². The highest BCUT2D eigenvalue weighted by atomic mass is 79.9. The largest absolute Gasteiger partial charge is 0.490 e. The molecule has 0 radical (unpaired) electrons. The predicted molar refractivity (Wildman–Crippen MR) is 67.7 cm³/mol. The number of ether oxygens (including phenoxy) is 1. The standard InChI is InChI=1S/C12H17BrFNO/c1-8-5-11(13)7-10(6-9(2)15)12(8)16-4-3-14/h5,7,9H,3-4,6,15H2,1-2H3. The first-order chi connectivity index (χ1) is 7.54. The summed E-state index contributed by atoms with van der Waals surface area (Å²) in [4.78, 5) is 0. The van der Waals surface area contributed by atoms with E-state index < -0.39 is 6.67 Å². The van der Waals surface area contributed by atoms with E-state index in [9.17, 15) is 4.39 Å². The van der Waals surface area contributed by atoms with Gasteiger partial charge in [0.25, 0.3) is 0 Å². The molecule has 0 aliphatic carbocycles. The van der Waals surface area contributed by atoms with Crippen LogP contribution in [0.4, 0.5) is 4.39 Å². The van der Waals surface area contributed by atoms with Crippen molar-refractivity contribution >= 4 is 15.9 Å². The first-order valence-corrected chi connectivity index (χ1v) is 6.07. The number of rotatable bonds is 5. The monoisotopic (exact) mass is 289 g/mol. The average molecular weight is 290 g/mol. The van der Waals surface area contributed by atoms with Crippen LogP contribution >= 0.6 is 15.9 Å². The van der Waals surface area contributed by atoms with E-state index in [1.807, 2.05) is 26.0 Å². The number of hydrogen-bond acceptors (Lipinski definition) is 2. The van der Waals surface area contributed by atoms with Gasteiger partial charge in [0.2, 0.25) is 0 Å². The summed E-state index contributed by atoms with van der Waals surface area (Å²) >= 11 is 3.43. The minimum Gasteiger partial charge on any atom is -0.490 e. The third-order valence-corrected chi connectivity index (χ3v) is 2.64. The quantitative estimate of drug-likeness (QED) is 0.904. The van der Waals surface area contributed by atoms with Gasteiger partial charge in [-0.05, 0) is 43.5 Å². The molecule has 1 rings (SSSR count). The zero-order valence-corrected chi connectivity index (χ0v) is 11.2. The molecule has 1 atom stereocenters. The molecule has 0 aliphatic rings. The SMILES string of the molecule is Cc1cc(Br)cc(CC(C)N)c1OCCF. The van der Waals surface area contributed by atoms with Gasteiger partial charge in [0, 0.05) is 10.5 Å². The van der Waals surface area contributed by atoms with Gasteiger partial charge in [-0.1, -0.05) is 15.9 Å². The van der Waals surface area contributed by atoms with E-state index in [4.69, 9.17) is 10.5 Å². The molecule has 4 heteroatoms. The van der Waals surface area contributed by atoms with Crippen molar-refractivity contribution in [3.63, 3.8) is 0 Å². The smallest absolute Gasteiger partial charge is 0.125 e. The fourth-order valence-electron chi connectivity index (χ4n) is 1.64. The number of alkyl halides is 1. The molecule has 0 fully saturated rings. The Kier molecular flexibility index (Phi) is 5.22. The molecule has 2 N–H and O–H groups in total. The van der Waals surface area contributed by atoms with Crippen molar-refractivity contribution in [1.82, 2.24) is 0 Å². The second-order valence-electron chi connectivity index (χ2n) is 3.93. The zero-order chi connectivity index (χ0) is 12.1. The first-order valence-electron chi connectivity index (χ1n) is 5.28. The van der Waals surface area contributed by atoms with Crippen LogP contribution in [-0.2, 0) is 6.42 Å². The lowest BCUT2D eigenvalue weighted by molar-refractivity contribution is 0.269. The maximum Gasteiger partial charge on any atom is 0.125 e. The fraction of sp³-hybridized carbons (Fsp3) is 0.500. The van der Waals surface area contributed by atoms with Gasteiger partial charge in [0.1, 0.15) is 19.0 Å². The Balaban J connectivity index is 3.00. The minimum atomic E-state index is -0.479. The van der Waals surface area contributed by atoms with Crippen molar-refractivity contribution in [1.29, 1.82) is 0 Å². The Morgan fingerprint density at radius 2 is 2.19 bits per heavy atom. The van der Waals surface area contributed by atoms with E-state index in [1.165, 1.54) is 0 Å². The molecule has 0 heterocycles. The zero-order valence-electron chi connectivity index (χ0n) is 9.59. The van der Waals surface area contributed by atoms with E-state index in [0.717, 1.165) is 27.8 Å². The molecule has 0 aliphatic heterocycles. The van der Waals surface area contributed by atoms with Crippen LogP contribution < -0.4 is 10.5 Å². The second kappa shape index (κ2) is 6.21. The highest BCUT2D eigenvalue weighted by Crippen LogP contribution is 2.29. The molecule has 0 amide bonds. The third-order valence-electron chi connectivity index (χ3n) is 2.18. The molecular weight excluding hydrogens is 273 g/mol. The fourth-order valence-corrected chi connectivity index (χ4v) is 2.26. The first kappa shape index (κ1) is 13.5. The molecule has 1 unspecified atom stereocenters. The van der Waals surface area contributed by atoms with Crippen LogP contribution in [-0.4, -0.2) is 19.3 Å². The summed E-state index contributed by atoms with van der Waals surface area (Å²) in [5, 5.41) is 0. The predicted octanol–water partition coefficient (Wildman–Crippen LogP) is 3.00. The van der Waals surface area contributed by atoms with Crippen LogP contribution in [0.15, 0.2) is 16.6 Å². The Morgan fingerprint density at radius 1 is 1.50 bits per heavy atom. The summed E-state index contributed by atoms with van der Waals surface area (Å²) < 4.78 is 18.5. The highest BCUT2D eigenvalue weighted by molar-refractivity contribution is 9.10. The molecule has 90 valence electrons. The average Bonchev–Trinajstić information content (AvgIpc) is 2.15. The van der Waals surface area contributed by atoms with E-state index in [-0.39, 0.29) is 12.6 Å². The minimum absolute atomic E-state index is 0.0569. The van der Waals surface area contributed by atoms with E-state index in [0.29, 0.717) is 0 Å². The number of aryl methyl sites for hydroxylation is 1. The van der Waals surface area contributed by atoms with Crippen LogP contribution in [0.1, 0.15) is 18.1 Å². The number of benzene rings is 1. The molecular formula is C12H17BrFNO. The maximum atomic E-state index is 12.1. The van der Waals surface area contributed by atoms with Crippen LogP contribution in [0.2, 0.25) is 0 Å². The van der Waals surface area contributed by atoms with Crippen LogP contribution in [0, 0.1) is 6.92 Å². The normalized spacial score (nSPS) is 12.6. The lowest BCUT2D eigenvalue weighted by atomic mass is 10.0.